The number of rotatable bonds is 5. The van der Waals surface area contributed by atoms with Crippen molar-refractivity contribution in [3.63, 3.8) is 0 Å². The lowest BCUT2D eigenvalue weighted by molar-refractivity contribution is 0.524. The number of hydrogen-bond acceptors (Lipinski definition) is 3. The normalized spacial score (nSPS) is 16.0. The summed E-state index contributed by atoms with van der Waals surface area (Å²) in [5, 5.41) is 0. The van der Waals surface area contributed by atoms with Crippen LogP contribution in [-0.2, 0) is 23.0 Å². The van der Waals surface area contributed by atoms with E-state index in [1.54, 1.807) is 30.3 Å². The fraction of sp³-hybridized carbons (Fsp3) is 0.174. The molecule has 0 saturated heterocycles. The molecule has 3 aromatic carbocycles. The van der Waals surface area contributed by atoms with Crippen molar-refractivity contribution in [3.8, 4) is 0 Å². The van der Waals surface area contributed by atoms with Gasteiger partial charge in [-0.05, 0) is 51.7 Å². The van der Waals surface area contributed by atoms with Gasteiger partial charge in [0.1, 0.15) is 0 Å². The zero-order chi connectivity index (χ0) is 21.1. The average Bonchev–Trinajstić information content (AvgIpc) is 2.74. The second-order valence-electron chi connectivity index (χ2n) is 7.25. The maximum atomic E-state index is 12.9. The van der Waals surface area contributed by atoms with Crippen LogP contribution < -0.4 is 9.62 Å². The number of halogens is 1. The van der Waals surface area contributed by atoms with Gasteiger partial charge in [-0.2, -0.15) is 0 Å². The van der Waals surface area contributed by atoms with Crippen molar-refractivity contribution in [2.24, 2.45) is 0 Å². The summed E-state index contributed by atoms with van der Waals surface area (Å²) < 4.78 is 29.5. The number of benzene rings is 3. The van der Waals surface area contributed by atoms with Crippen LogP contribution in [-0.4, -0.2) is 21.0 Å². The lowest BCUT2D eigenvalue weighted by Crippen LogP contribution is -2.48. The van der Waals surface area contributed by atoms with Gasteiger partial charge in [0.05, 0.1) is 17.2 Å². The molecule has 0 spiro atoms. The number of anilines is 1. The summed E-state index contributed by atoms with van der Waals surface area (Å²) >= 11 is 3.62. The van der Waals surface area contributed by atoms with E-state index in [0.29, 0.717) is 25.2 Å². The minimum Gasteiger partial charge on any atom is -0.365 e. The van der Waals surface area contributed by atoms with Crippen LogP contribution in [0.5, 0.6) is 0 Å². The van der Waals surface area contributed by atoms with Gasteiger partial charge in [-0.1, -0.05) is 54.6 Å². The highest BCUT2D eigenvalue weighted by Gasteiger charge is 2.30. The molecule has 152 valence electrons. The molecule has 1 unspecified atom stereocenters. The Morgan fingerprint density at radius 1 is 1.07 bits per heavy atom. The van der Waals surface area contributed by atoms with Gasteiger partial charge in [0.2, 0.25) is 10.0 Å². The summed E-state index contributed by atoms with van der Waals surface area (Å²) in [5.74, 6) is 0. The molecule has 7 heteroatoms. The fourth-order valence-corrected chi connectivity index (χ4v) is 5.80. The third-order valence-electron chi connectivity index (χ3n) is 5.07. The first-order valence-corrected chi connectivity index (χ1v) is 11.8. The first kappa shape index (κ1) is 20.6. The summed E-state index contributed by atoms with van der Waals surface area (Å²) in [6.07, 6.45) is 0.522. The Balaban J connectivity index is 1.68. The van der Waals surface area contributed by atoms with Crippen LogP contribution in [0.1, 0.15) is 11.1 Å². The van der Waals surface area contributed by atoms with Crippen molar-refractivity contribution in [2.75, 3.05) is 11.4 Å². The summed E-state index contributed by atoms with van der Waals surface area (Å²) in [5.41, 5.74) is 3.64. The Labute approximate surface area is 185 Å². The van der Waals surface area contributed by atoms with Gasteiger partial charge in [0.25, 0.3) is 0 Å². The van der Waals surface area contributed by atoms with E-state index in [0.717, 1.165) is 21.3 Å². The molecule has 0 fully saturated rings. The molecule has 1 aliphatic heterocycles. The van der Waals surface area contributed by atoms with E-state index in [1.165, 1.54) is 0 Å². The van der Waals surface area contributed by atoms with Crippen LogP contribution in [0.3, 0.4) is 0 Å². The van der Waals surface area contributed by atoms with Gasteiger partial charge in [-0.15, -0.1) is 0 Å². The molecule has 0 saturated carbocycles. The SMILES string of the molecule is [C-]#[N+]c1cc(Br)c2c(c1)CC(NS(=O)(=O)c1ccccc1)CN2Cc1ccccc1. The van der Waals surface area contributed by atoms with Gasteiger partial charge < -0.3 is 4.90 Å². The molecule has 1 N–H and O–H groups in total. The molecule has 1 heterocycles. The molecular weight excluding hydrogens is 462 g/mol. The van der Waals surface area contributed by atoms with Crippen LogP contribution in [0.15, 0.2) is 82.2 Å². The monoisotopic (exact) mass is 481 g/mol. The van der Waals surface area contributed by atoms with E-state index < -0.39 is 10.0 Å². The van der Waals surface area contributed by atoms with E-state index in [-0.39, 0.29) is 10.9 Å². The minimum atomic E-state index is -3.63. The molecule has 0 amide bonds. The molecule has 0 bridgehead atoms. The maximum absolute atomic E-state index is 12.9. The second-order valence-corrected chi connectivity index (χ2v) is 9.82. The zero-order valence-corrected chi connectivity index (χ0v) is 18.5. The molecule has 3 aromatic rings. The highest BCUT2D eigenvalue weighted by atomic mass is 79.9. The third kappa shape index (κ3) is 4.41. The predicted molar refractivity (Wildman–Crippen MR) is 122 cm³/mol. The van der Waals surface area contributed by atoms with E-state index in [9.17, 15) is 8.42 Å². The zero-order valence-electron chi connectivity index (χ0n) is 16.1. The van der Waals surface area contributed by atoms with Gasteiger partial charge in [0.15, 0.2) is 5.69 Å². The van der Waals surface area contributed by atoms with Crippen molar-refractivity contribution < 1.29 is 8.42 Å². The standard InChI is InChI=1S/C23H20BrN3O2S/c1-25-19-12-18-13-20(26-30(28,29)21-10-6-3-7-11-21)16-27(23(18)22(24)14-19)15-17-8-4-2-5-9-17/h2-12,14,20,26H,13,15-16H2. The number of hydrogen-bond donors (Lipinski definition) is 1. The molecule has 1 atom stereocenters. The molecular formula is C23H20BrN3O2S. The topological polar surface area (TPSA) is 53.8 Å². The quantitative estimate of drug-likeness (QED) is 0.526. The molecule has 0 radical (unpaired) electrons. The lowest BCUT2D eigenvalue weighted by atomic mass is 9.97. The average molecular weight is 482 g/mol. The van der Waals surface area contributed by atoms with Crippen LogP contribution in [0, 0.1) is 6.57 Å². The summed E-state index contributed by atoms with van der Waals surface area (Å²) in [6, 6.07) is 21.8. The smallest absolute Gasteiger partial charge is 0.240 e. The summed E-state index contributed by atoms with van der Waals surface area (Å²) in [6.45, 7) is 8.55. The Hall–Kier alpha value is -2.66. The molecule has 0 aliphatic carbocycles. The lowest BCUT2D eigenvalue weighted by Gasteiger charge is -2.37. The van der Waals surface area contributed by atoms with Crippen LogP contribution >= 0.6 is 15.9 Å². The number of fused-ring (bicyclic) bond motifs is 1. The molecule has 5 nitrogen and oxygen atoms in total. The van der Waals surface area contributed by atoms with E-state index in [1.807, 2.05) is 30.3 Å². The number of nitrogens with zero attached hydrogens (tertiary/aromatic N) is 2. The second kappa shape index (κ2) is 8.60. The van der Waals surface area contributed by atoms with Crippen LogP contribution in [0.4, 0.5) is 11.4 Å². The Morgan fingerprint density at radius 3 is 2.40 bits per heavy atom. The molecule has 0 aromatic heterocycles. The van der Waals surface area contributed by atoms with Crippen LogP contribution in [0.2, 0.25) is 0 Å². The highest BCUT2D eigenvalue weighted by molar-refractivity contribution is 9.10. The van der Waals surface area contributed by atoms with Crippen molar-refractivity contribution in [1.29, 1.82) is 0 Å². The molecule has 30 heavy (non-hydrogen) atoms. The van der Waals surface area contributed by atoms with Crippen molar-refractivity contribution >= 4 is 37.3 Å². The molecule has 1 aliphatic rings. The highest BCUT2D eigenvalue weighted by Crippen LogP contribution is 2.39. The van der Waals surface area contributed by atoms with Gasteiger partial charge in [-0.25, -0.2) is 18.0 Å². The Kier molecular flexibility index (Phi) is 5.91. The predicted octanol–water partition coefficient (Wildman–Crippen LogP) is 4.91. The number of nitrogens with one attached hydrogen (secondary N) is 1. The van der Waals surface area contributed by atoms with E-state index in [2.05, 4.69) is 42.5 Å². The first-order chi connectivity index (χ1) is 14.5. The Bertz CT molecular complexity index is 1190. The van der Waals surface area contributed by atoms with Crippen molar-refractivity contribution in [3.05, 3.63) is 99.8 Å². The largest absolute Gasteiger partial charge is 0.365 e. The minimum absolute atomic E-state index is 0.251. The van der Waals surface area contributed by atoms with Crippen molar-refractivity contribution in [2.45, 2.75) is 23.9 Å². The van der Waals surface area contributed by atoms with E-state index in [4.69, 9.17) is 6.57 Å². The maximum Gasteiger partial charge on any atom is 0.240 e. The fourth-order valence-electron chi connectivity index (χ4n) is 3.82. The first-order valence-electron chi connectivity index (χ1n) is 9.52. The summed E-state index contributed by atoms with van der Waals surface area (Å²) in [7, 11) is -3.63. The van der Waals surface area contributed by atoms with Gasteiger partial charge in [0, 0.05) is 23.6 Å². The molecule has 4 rings (SSSR count). The van der Waals surface area contributed by atoms with Gasteiger partial charge >= 0.3 is 0 Å². The summed E-state index contributed by atoms with van der Waals surface area (Å²) in [4.78, 5) is 5.98. The van der Waals surface area contributed by atoms with Gasteiger partial charge in [-0.3, -0.25) is 0 Å². The number of sulfonamides is 1. The van der Waals surface area contributed by atoms with Crippen LogP contribution in [0.25, 0.3) is 4.85 Å². The van der Waals surface area contributed by atoms with Crippen molar-refractivity contribution in [1.82, 2.24) is 4.72 Å². The van der Waals surface area contributed by atoms with E-state index >= 15 is 0 Å². The Morgan fingerprint density at radius 2 is 1.73 bits per heavy atom. The third-order valence-corrected chi connectivity index (χ3v) is 7.21.